The predicted molar refractivity (Wildman–Crippen MR) is 88.3 cm³/mol. The van der Waals surface area contributed by atoms with E-state index < -0.39 is 6.36 Å². The Kier molecular flexibility index (Phi) is 3.80. The summed E-state index contributed by atoms with van der Waals surface area (Å²) in [7, 11) is 0. The zero-order valence-electron chi connectivity index (χ0n) is 13.2. The van der Waals surface area contributed by atoms with Gasteiger partial charge in [-0.2, -0.15) is 5.10 Å². The van der Waals surface area contributed by atoms with E-state index >= 15 is 0 Å². The highest BCUT2D eigenvalue weighted by molar-refractivity contribution is 5.81. The van der Waals surface area contributed by atoms with Crippen molar-refractivity contribution in [2.75, 3.05) is 0 Å². The molecule has 0 saturated carbocycles. The van der Waals surface area contributed by atoms with Crippen molar-refractivity contribution in [3.8, 4) is 28.1 Å². The summed E-state index contributed by atoms with van der Waals surface area (Å²) in [6.07, 6.45) is 0.0773. The lowest BCUT2D eigenvalue weighted by Gasteiger charge is -2.12. The van der Waals surface area contributed by atoms with Gasteiger partial charge in [0.1, 0.15) is 12.1 Å². The molecule has 0 radical (unpaired) electrons. The monoisotopic (exact) mass is 356 g/mol. The molecule has 0 aliphatic heterocycles. The molecule has 0 atom stereocenters. The Morgan fingerprint density at radius 2 is 1.81 bits per heavy atom. The van der Waals surface area contributed by atoms with E-state index in [0.29, 0.717) is 16.9 Å². The first-order valence-electron chi connectivity index (χ1n) is 7.60. The molecule has 26 heavy (non-hydrogen) atoms. The van der Waals surface area contributed by atoms with Crippen LogP contribution in [0.1, 0.15) is 0 Å². The number of aromatic nitrogens is 4. The number of hydrogen-bond donors (Lipinski definition) is 0. The van der Waals surface area contributed by atoms with Crippen LogP contribution in [0.25, 0.3) is 28.0 Å². The quantitative estimate of drug-likeness (QED) is 0.547. The highest BCUT2D eigenvalue weighted by Gasteiger charge is 2.31. The number of hydrogen-bond acceptors (Lipinski definition) is 4. The van der Waals surface area contributed by atoms with Crippen LogP contribution in [0.5, 0.6) is 5.75 Å². The van der Waals surface area contributed by atoms with Crippen LogP contribution >= 0.6 is 0 Å². The topological polar surface area (TPSA) is 52.3 Å². The maximum atomic E-state index is 12.5. The third-order valence-corrected chi connectivity index (χ3v) is 3.73. The van der Waals surface area contributed by atoms with E-state index in [2.05, 4.69) is 19.8 Å². The Bertz CT molecular complexity index is 1080. The number of pyridine rings is 2. The second-order valence-electron chi connectivity index (χ2n) is 5.46. The first kappa shape index (κ1) is 16.1. The minimum Gasteiger partial charge on any atom is -0.406 e. The molecule has 8 heteroatoms. The standard InChI is InChI=1S/C18H11F3N4O/c19-18(20,21)26-14-4-1-3-12(9-14)17-15(5-2-8-22-17)13-6-7-16-23-11-24-25(16)10-13/h1-11H. The second kappa shape index (κ2) is 6.14. The largest absolute Gasteiger partial charge is 0.573 e. The average molecular weight is 356 g/mol. The zero-order chi connectivity index (χ0) is 18.1. The molecular formula is C18H11F3N4O. The average Bonchev–Trinajstić information content (AvgIpc) is 3.08. The van der Waals surface area contributed by atoms with Crippen molar-refractivity contribution in [3.05, 3.63) is 67.3 Å². The Morgan fingerprint density at radius 3 is 2.65 bits per heavy atom. The van der Waals surface area contributed by atoms with Crippen LogP contribution in [-0.2, 0) is 0 Å². The number of fused-ring (bicyclic) bond motifs is 1. The fourth-order valence-electron chi connectivity index (χ4n) is 2.68. The summed E-state index contributed by atoms with van der Waals surface area (Å²) in [5.74, 6) is -0.293. The molecule has 3 heterocycles. The molecule has 1 aromatic carbocycles. The summed E-state index contributed by atoms with van der Waals surface area (Å²) >= 11 is 0. The number of alkyl halides is 3. The number of rotatable bonds is 3. The Labute approximate surface area is 145 Å². The molecule has 0 bridgehead atoms. The van der Waals surface area contributed by atoms with E-state index in [9.17, 15) is 13.2 Å². The van der Waals surface area contributed by atoms with Gasteiger partial charge in [-0.15, -0.1) is 13.2 Å². The van der Waals surface area contributed by atoms with Gasteiger partial charge in [0.2, 0.25) is 0 Å². The predicted octanol–water partition coefficient (Wildman–Crippen LogP) is 4.36. The van der Waals surface area contributed by atoms with Gasteiger partial charge in [0.25, 0.3) is 0 Å². The molecule has 3 aromatic heterocycles. The van der Waals surface area contributed by atoms with E-state index in [-0.39, 0.29) is 5.75 Å². The van der Waals surface area contributed by atoms with Crippen LogP contribution in [0, 0.1) is 0 Å². The summed E-state index contributed by atoms with van der Waals surface area (Å²) in [5, 5.41) is 4.10. The van der Waals surface area contributed by atoms with Gasteiger partial charge in [-0.1, -0.05) is 18.2 Å². The maximum Gasteiger partial charge on any atom is 0.573 e. The Hall–Kier alpha value is -3.42. The second-order valence-corrected chi connectivity index (χ2v) is 5.46. The smallest absolute Gasteiger partial charge is 0.406 e. The van der Waals surface area contributed by atoms with Crippen molar-refractivity contribution < 1.29 is 17.9 Å². The van der Waals surface area contributed by atoms with Gasteiger partial charge in [-0.25, -0.2) is 9.50 Å². The SMILES string of the molecule is FC(F)(F)Oc1cccc(-c2ncccc2-c2ccc3ncnn3c2)c1. The van der Waals surface area contributed by atoms with Crippen molar-refractivity contribution in [3.63, 3.8) is 0 Å². The molecule has 0 aliphatic rings. The normalized spacial score (nSPS) is 11.7. The summed E-state index contributed by atoms with van der Waals surface area (Å²) < 4.78 is 43.1. The molecule has 0 N–H and O–H groups in total. The fraction of sp³-hybridized carbons (Fsp3) is 0.0556. The minimum absolute atomic E-state index is 0.293. The fourth-order valence-corrected chi connectivity index (χ4v) is 2.68. The van der Waals surface area contributed by atoms with Gasteiger partial charge in [-0.05, 0) is 30.3 Å². The Morgan fingerprint density at radius 1 is 0.923 bits per heavy atom. The van der Waals surface area contributed by atoms with E-state index in [1.54, 1.807) is 29.0 Å². The molecule has 0 amide bonds. The van der Waals surface area contributed by atoms with Crippen LogP contribution in [0.2, 0.25) is 0 Å². The number of nitrogens with zero attached hydrogens (tertiary/aromatic N) is 4. The Balaban J connectivity index is 1.80. The first-order chi connectivity index (χ1) is 12.5. The lowest BCUT2D eigenvalue weighted by Crippen LogP contribution is -2.17. The molecule has 0 saturated heterocycles. The molecule has 5 nitrogen and oxygen atoms in total. The van der Waals surface area contributed by atoms with Crippen molar-refractivity contribution in [2.45, 2.75) is 6.36 Å². The van der Waals surface area contributed by atoms with Crippen LogP contribution in [-0.4, -0.2) is 25.9 Å². The lowest BCUT2D eigenvalue weighted by atomic mass is 10.0. The van der Waals surface area contributed by atoms with E-state index in [0.717, 1.165) is 11.1 Å². The third kappa shape index (κ3) is 3.21. The molecule has 0 spiro atoms. The highest BCUT2D eigenvalue weighted by Crippen LogP contribution is 2.33. The van der Waals surface area contributed by atoms with E-state index in [1.807, 2.05) is 18.2 Å². The summed E-state index contributed by atoms with van der Waals surface area (Å²) in [6, 6.07) is 13.0. The van der Waals surface area contributed by atoms with E-state index in [1.165, 1.54) is 24.5 Å². The summed E-state index contributed by atoms with van der Waals surface area (Å²) in [5.41, 5.74) is 3.32. The van der Waals surface area contributed by atoms with Crippen LogP contribution in [0.15, 0.2) is 67.3 Å². The molecule has 4 rings (SSSR count). The number of halogens is 3. The van der Waals surface area contributed by atoms with Crippen molar-refractivity contribution in [2.24, 2.45) is 0 Å². The van der Waals surface area contributed by atoms with Gasteiger partial charge in [0, 0.05) is 29.1 Å². The molecule has 4 aromatic rings. The van der Waals surface area contributed by atoms with Crippen molar-refractivity contribution in [1.82, 2.24) is 19.6 Å². The van der Waals surface area contributed by atoms with Crippen LogP contribution < -0.4 is 4.74 Å². The van der Waals surface area contributed by atoms with Gasteiger partial charge in [0.05, 0.1) is 5.69 Å². The molecular weight excluding hydrogens is 345 g/mol. The summed E-state index contributed by atoms with van der Waals surface area (Å²) in [6.45, 7) is 0. The van der Waals surface area contributed by atoms with Gasteiger partial charge in [-0.3, -0.25) is 4.98 Å². The highest BCUT2D eigenvalue weighted by atomic mass is 19.4. The minimum atomic E-state index is -4.75. The maximum absolute atomic E-state index is 12.5. The first-order valence-corrected chi connectivity index (χ1v) is 7.60. The number of ether oxygens (including phenoxy) is 1. The van der Waals surface area contributed by atoms with Gasteiger partial charge in [0.15, 0.2) is 5.65 Å². The third-order valence-electron chi connectivity index (χ3n) is 3.73. The van der Waals surface area contributed by atoms with Crippen molar-refractivity contribution >= 4 is 5.65 Å². The van der Waals surface area contributed by atoms with Crippen molar-refractivity contribution in [1.29, 1.82) is 0 Å². The molecule has 0 unspecified atom stereocenters. The van der Waals surface area contributed by atoms with E-state index in [4.69, 9.17) is 0 Å². The van der Waals surface area contributed by atoms with Crippen LogP contribution in [0.4, 0.5) is 13.2 Å². The summed E-state index contributed by atoms with van der Waals surface area (Å²) in [4.78, 5) is 8.44. The zero-order valence-corrected chi connectivity index (χ0v) is 13.2. The molecule has 0 fully saturated rings. The lowest BCUT2D eigenvalue weighted by molar-refractivity contribution is -0.274. The molecule has 0 aliphatic carbocycles. The number of benzene rings is 1. The van der Waals surface area contributed by atoms with Gasteiger partial charge < -0.3 is 4.74 Å². The molecule has 130 valence electrons. The van der Waals surface area contributed by atoms with Crippen LogP contribution in [0.3, 0.4) is 0 Å². The van der Waals surface area contributed by atoms with Gasteiger partial charge >= 0.3 is 6.36 Å².